The van der Waals surface area contributed by atoms with E-state index in [1.54, 1.807) is 19.9 Å². The Hall–Kier alpha value is -6.55. The van der Waals surface area contributed by atoms with Crippen LogP contribution in [0.15, 0.2) is 89.9 Å². The van der Waals surface area contributed by atoms with Crippen molar-refractivity contribution in [3.8, 4) is 0 Å². The summed E-state index contributed by atoms with van der Waals surface area (Å²) in [6.07, 6.45) is 5.09. The number of rotatable bonds is 6. The van der Waals surface area contributed by atoms with E-state index in [0.717, 1.165) is 30.0 Å². The van der Waals surface area contributed by atoms with Crippen molar-refractivity contribution in [3.63, 3.8) is 0 Å². The highest BCUT2D eigenvalue weighted by atomic mass is 79.9. The summed E-state index contributed by atoms with van der Waals surface area (Å²) in [7, 11) is 0. The average Bonchev–Trinajstić information content (AvgIpc) is 3.22. The van der Waals surface area contributed by atoms with Gasteiger partial charge in [0.05, 0.1) is 41.8 Å². The summed E-state index contributed by atoms with van der Waals surface area (Å²) in [5.74, 6) is -1.55. The summed E-state index contributed by atoms with van der Waals surface area (Å²) >= 11 is 35.3. The largest absolute Gasteiger partial charge is 0.309 e. The normalized spacial score (nSPS) is 9.58. The number of nitro groups is 6. The summed E-state index contributed by atoms with van der Waals surface area (Å²) in [6.45, 7) is 3.44. The highest BCUT2D eigenvalue weighted by Crippen LogP contribution is 2.27. The van der Waals surface area contributed by atoms with Crippen molar-refractivity contribution in [1.29, 1.82) is 0 Å². The van der Waals surface area contributed by atoms with Gasteiger partial charge in [0, 0.05) is 59.1 Å². The average molecular weight is 1090 g/mol. The minimum Gasteiger partial charge on any atom is -0.258 e. The van der Waals surface area contributed by atoms with Crippen LogP contribution in [0.3, 0.4) is 0 Å². The van der Waals surface area contributed by atoms with E-state index in [9.17, 15) is 69.5 Å². The van der Waals surface area contributed by atoms with Crippen molar-refractivity contribution in [3.05, 3.63) is 204 Å². The highest BCUT2D eigenvalue weighted by molar-refractivity contribution is 9.10. The van der Waals surface area contributed by atoms with Gasteiger partial charge in [-0.1, -0.05) is 75.7 Å². The molecule has 23 nitrogen and oxygen atoms in total. The second-order valence-electron chi connectivity index (χ2n) is 10.9. The second kappa shape index (κ2) is 27.6. The van der Waals surface area contributed by atoms with E-state index in [2.05, 4.69) is 40.8 Å². The molecule has 65 heavy (non-hydrogen) atoms. The van der Waals surface area contributed by atoms with Crippen molar-refractivity contribution in [1.82, 2.24) is 24.9 Å². The molecule has 0 amide bonds. The molecule has 0 saturated heterocycles. The van der Waals surface area contributed by atoms with E-state index < -0.39 is 57.6 Å². The summed E-state index contributed by atoms with van der Waals surface area (Å²) in [5, 5.41) is 60.0. The fourth-order valence-corrected chi connectivity index (χ4v) is 5.03. The molecule has 5 heterocycles. The molecular weight excluding hydrogens is 1070 g/mol. The van der Waals surface area contributed by atoms with Crippen LogP contribution in [0.1, 0.15) is 11.3 Å². The maximum atomic E-state index is 12.5. The zero-order chi connectivity index (χ0) is 49.7. The highest BCUT2D eigenvalue weighted by Gasteiger charge is 2.17. The van der Waals surface area contributed by atoms with Gasteiger partial charge in [0.25, 0.3) is 5.69 Å². The maximum absolute atomic E-state index is 12.5. The number of halogens is 9. The van der Waals surface area contributed by atoms with Gasteiger partial charge in [0.15, 0.2) is 5.02 Å². The van der Waals surface area contributed by atoms with E-state index in [0.29, 0.717) is 10.2 Å². The molecule has 0 spiro atoms. The van der Waals surface area contributed by atoms with E-state index in [4.69, 9.17) is 69.6 Å². The third-order valence-electron chi connectivity index (χ3n) is 6.35. The number of aryl methyl sites for hydroxylation is 2. The van der Waals surface area contributed by atoms with Crippen LogP contribution in [0.5, 0.6) is 0 Å². The Labute approximate surface area is 399 Å². The number of nitrogens with zero attached hydrogens (tertiary/aromatic N) is 11. The SMILES string of the molecule is Cc1ccc([N+](=O)[O-])c(Cl)n1.Cc1cnc(Cl)c([N+](=O)[O-])c1.O=[N+]([O-])c1cc(Br)cnc1Cl.O=[N+]([O-])c1cc(F)cnc1Cl.O=[N+]([O-])c1cccc(F)c1Cl.O=[N+]([O-])c1cccnc1Cl. The third kappa shape index (κ3) is 19.8. The first kappa shape index (κ1) is 56.5. The number of benzene rings is 1. The molecule has 5 aromatic heterocycles. The number of aromatic nitrogens is 5. The van der Waals surface area contributed by atoms with Crippen LogP contribution in [0, 0.1) is 86.2 Å². The molecule has 0 bridgehead atoms. The van der Waals surface area contributed by atoms with Gasteiger partial charge >= 0.3 is 28.4 Å². The molecule has 6 rings (SSSR count). The van der Waals surface area contributed by atoms with Crippen LogP contribution in [0.4, 0.5) is 42.9 Å². The molecule has 0 aliphatic carbocycles. The molecule has 342 valence electrons. The topological polar surface area (TPSA) is 323 Å². The molecule has 0 aliphatic heterocycles. The molecule has 32 heteroatoms. The number of hydrogen-bond acceptors (Lipinski definition) is 17. The number of nitro benzene ring substituents is 1. The van der Waals surface area contributed by atoms with Gasteiger partial charge in [-0.15, -0.1) is 0 Å². The lowest BCUT2D eigenvalue weighted by atomic mass is 10.3. The zero-order valence-electron chi connectivity index (χ0n) is 31.8. The van der Waals surface area contributed by atoms with Gasteiger partial charge < -0.3 is 0 Å². The smallest absolute Gasteiger partial charge is 0.258 e. The monoisotopic (exact) mass is 1090 g/mol. The van der Waals surface area contributed by atoms with Crippen molar-refractivity contribution < 1.29 is 38.3 Å². The first-order valence-electron chi connectivity index (χ1n) is 16.1. The predicted molar refractivity (Wildman–Crippen MR) is 235 cm³/mol. The zero-order valence-corrected chi connectivity index (χ0v) is 37.9. The fraction of sp³-hybridized carbons (Fsp3) is 0.0606. The predicted octanol–water partition coefficient (Wildman–Crippen LogP) is 12.1. The number of hydrogen-bond donors (Lipinski definition) is 0. The van der Waals surface area contributed by atoms with Crippen LogP contribution in [-0.4, -0.2) is 54.5 Å². The van der Waals surface area contributed by atoms with Gasteiger partial charge in [-0.2, -0.15) is 0 Å². The molecule has 0 unspecified atom stereocenters. The van der Waals surface area contributed by atoms with Gasteiger partial charge in [0.1, 0.15) is 11.6 Å². The van der Waals surface area contributed by atoms with E-state index in [-0.39, 0.29) is 48.5 Å². The summed E-state index contributed by atoms with van der Waals surface area (Å²) in [4.78, 5) is 74.9. The van der Waals surface area contributed by atoms with E-state index >= 15 is 0 Å². The molecule has 0 fully saturated rings. The van der Waals surface area contributed by atoms with Crippen molar-refractivity contribution in [2.45, 2.75) is 13.8 Å². The molecule has 0 saturated carbocycles. The Morgan fingerprint density at radius 3 is 1.34 bits per heavy atom. The third-order valence-corrected chi connectivity index (χ3v) is 8.60. The lowest BCUT2D eigenvalue weighted by Crippen LogP contribution is -1.91. The minimum absolute atomic E-state index is 0.0602. The van der Waals surface area contributed by atoms with Crippen molar-refractivity contribution in [2.75, 3.05) is 0 Å². The van der Waals surface area contributed by atoms with E-state index in [1.165, 1.54) is 55.0 Å². The summed E-state index contributed by atoms with van der Waals surface area (Å²) < 4.78 is 25.3. The Morgan fingerprint density at radius 1 is 0.492 bits per heavy atom. The first-order valence-corrected chi connectivity index (χ1v) is 19.1. The minimum atomic E-state index is -0.793. The Bertz CT molecular complexity index is 2560. The standard InChI is InChI=1S/C6H3ClFNO2.2C6H5ClN2O2.C5H2BrClN2O2.C5H2ClFN2O2.C5H3ClN2O2/c7-6-4(8)2-1-3-5(6)9(10)11;1-4-2-5(9(10)11)6(7)8-3-4;1-4-2-3-5(9(10)11)6(7)8-4;6-3-1-4(9(10)11)5(7)8-2-3;6-5-4(9(10)11)1-3(7)2-8-5;6-5-4(8(9)10)2-1-3-7-5/h1-3H;2*2-3H,1H3;2*1-2H;1-3H. The number of pyridine rings is 5. The van der Waals surface area contributed by atoms with Gasteiger partial charge in [-0.3, -0.25) is 60.7 Å². The lowest BCUT2D eigenvalue weighted by molar-refractivity contribution is -0.385. The maximum Gasteiger partial charge on any atom is 0.309 e. The van der Waals surface area contributed by atoms with Crippen LogP contribution < -0.4 is 0 Å². The molecule has 1 aromatic carbocycles. The molecule has 0 radical (unpaired) electrons. The van der Waals surface area contributed by atoms with Gasteiger partial charge in [-0.25, -0.2) is 33.7 Å². The Kier molecular flexibility index (Phi) is 24.0. The Morgan fingerprint density at radius 2 is 0.923 bits per heavy atom. The van der Waals surface area contributed by atoms with Crippen LogP contribution >= 0.6 is 85.5 Å². The van der Waals surface area contributed by atoms with Crippen LogP contribution in [-0.2, 0) is 0 Å². The molecule has 0 N–H and O–H groups in total. The van der Waals surface area contributed by atoms with Crippen molar-refractivity contribution in [2.24, 2.45) is 0 Å². The summed E-state index contributed by atoms with van der Waals surface area (Å²) in [5.41, 5.74) is -0.200. The van der Waals surface area contributed by atoms with E-state index in [1.807, 2.05) is 0 Å². The fourth-order valence-electron chi connectivity index (χ4n) is 3.55. The molecular formula is C33H20BrCl6F2N11O12. The van der Waals surface area contributed by atoms with Crippen LogP contribution in [0.25, 0.3) is 0 Å². The quantitative estimate of drug-likeness (QED) is 0.0849. The van der Waals surface area contributed by atoms with Crippen molar-refractivity contribution >= 4 is 120 Å². The summed E-state index contributed by atoms with van der Waals surface area (Å²) in [6, 6.07) is 12.5. The van der Waals surface area contributed by atoms with Crippen LogP contribution in [0.2, 0.25) is 30.8 Å². The molecule has 0 atom stereocenters. The molecule has 0 aliphatic rings. The lowest BCUT2D eigenvalue weighted by Gasteiger charge is -1.94. The Balaban J connectivity index is 0.000000390. The molecule has 6 aromatic rings. The van der Waals surface area contributed by atoms with Gasteiger partial charge in [0.2, 0.25) is 25.8 Å². The van der Waals surface area contributed by atoms with Gasteiger partial charge in [-0.05, 0) is 53.5 Å². The second-order valence-corrected chi connectivity index (χ2v) is 14.0. The first-order chi connectivity index (χ1) is 30.3.